The molecule has 0 saturated heterocycles. The van der Waals surface area contributed by atoms with Crippen molar-refractivity contribution in [3.05, 3.63) is 119 Å². The summed E-state index contributed by atoms with van der Waals surface area (Å²) in [7, 11) is -4.04. The van der Waals surface area contributed by atoms with E-state index in [-0.39, 0.29) is 57.9 Å². The molecule has 1 aliphatic rings. The van der Waals surface area contributed by atoms with E-state index in [4.69, 9.17) is 34.7 Å². The second kappa shape index (κ2) is 21.3. The summed E-state index contributed by atoms with van der Waals surface area (Å²) in [4.78, 5) is 37.1. The topological polar surface area (TPSA) is 209 Å². The van der Waals surface area contributed by atoms with Crippen LogP contribution in [0.1, 0.15) is 56.7 Å². The summed E-state index contributed by atoms with van der Waals surface area (Å²) >= 11 is 12.7. The number of sulfone groups is 1. The van der Waals surface area contributed by atoms with Crippen molar-refractivity contribution in [2.45, 2.75) is 92.2 Å². The number of benzene rings is 4. The van der Waals surface area contributed by atoms with Crippen molar-refractivity contribution in [2.24, 2.45) is 22.5 Å². The van der Waals surface area contributed by atoms with Gasteiger partial charge in [0.15, 0.2) is 9.84 Å². The van der Waals surface area contributed by atoms with Gasteiger partial charge in [0.1, 0.15) is 6.04 Å². The van der Waals surface area contributed by atoms with Crippen LogP contribution in [0.3, 0.4) is 0 Å². The number of halogens is 8. The van der Waals surface area contributed by atoms with Crippen LogP contribution < -0.4 is 32.4 Å². The third-order valence-corrected chi connectivity index (χ3v) is 14.0. The molecule has 22 heteroatoms. The molecule has 0 saturated carbocycles. The summed E-state index contributed by atoms with van der Waals surface area (Å²) in [6, 6.07) is 18.3. The van der Waals surface area contributed by atoms with Crippen LogP contribution in [-0.2, 0) is 25.8 Å². The molecule has 1 heterocycles. The van der Waals surface area contributed by atoms with Crippen molar-refractivity contribution in [3.8, 4) is 11.1 Å². The van der Waals surface area contributed by atoms with Crippen LogP contribution in [0.25, 0.3) is 11.1 Å². The molecular weight excluding hydrogens is 951 g/mol. The van der Waals surface area contributed by atoms with Gasteiger partial charge in [-0.25, -0.2) is 13.2 Å². The third-order valence-electron chi connectivity index (χ3n) is 11.2. The lowest BCUT2D eigenvalue weighted by Crippen LogP contribution is -2.62. The van der Waals surface area contributed by atoms with Gasteiger partial charge in [-0.1, -0.05) is 98.6 Å². The Labute approximate surface area is 393 Å². The molecule has 0 spiro atoms. The lowest BCUT2D eigenvalue weighted by Gasteiger charge is -2.32. The number of amides is 4. The van der Waals surface area contributed by atoms with Gasteiger partial charge in [0.25, 0.3) is 5.60 Å². The van der Waals surface area contributed by atoms with Crippen molar-refractivity contribution in [1.29, 1.82) is 0 Å². The highest BCUT2D eigenvalue weighted by atomic mass is 35.5. The molecule has 8 N–H and O–H groups in total. The van der Waals surface area contributed by atoms with Crippen molar-refractivity contribution < 1.29 is 54.3 Å². The number of primary amides is 1. The van der Waals surface area contributed by atoms with Crippen molar-refractivity contribution in [3.63, 3.8) is 0 Å². The minimum absolute atomic E-state index is 0.0283. The summed E-state index contributed by atoms with van der Waals surface area (Å²) in [5.41, 5.74) is 5.98. The minimum Gasteiger partial charge on any atom is -0.369 e. The number of para-hydroxylation sites is 1. The first-order valence-electron chi connectivity index (χ1n) is 20.7. The molecule has 0 aromatic heterocycles. The molecule has 0 fully saturated rings. The van der Waals surface area contributed by atoms with E-state index >= 15 is 0 Å². The lowest BCUT2D eigenvalue weighted by atomic mass is 9.89. The van der Waals surface area contributed by atoms with Crippen molar-refractivity contribution in [2.75, 3.05) is 16.9 Å². The average Bonchev–Trinajstić information content (AvgIpc) is 3.70. The largest absolute Gasteiger partial charge is 0.431 e. The van der Waals surface area contributed by atoms with Gasteiger partial charge in [-0.3, -0.25) is 14.6 Å². The quantitative estimate of drug-likeness (QED) is 0.0421. The van der Waals surface area contributed by atoms with Crippen LogP contribution in [0.4, 0.5) is 42.5 Å². The second-order valence-electron chi connectivity index (χ2n) is 16.1. The van der Waals surface area contributed by atoms with E-state index in [1.807, 2.05) is 0 Å². The van der Waals surface area contributed by atoms with Crippen LogP contribution >= 0.6 is 23.2 Å². The molecule has 1 radical (unpaired) electrons. The Morgan fingerprint density at radius 2 is 1.49 bits per heavy atom. The summed E-state index contributed by atoms with van der Waals surface area (Å²) < 4.78 is 112. The smallest absolute Gasteiger partial charge is 0.369 e. The highest BCUT2D eigenvalue weighted by Gasteiger charge is 2.74. The number of urea groups is 1. The molecule has 4 atom stereocenters. The molecule has 0 aliphatic carbocycles. The number of hydrogen-bond donors (Lipinski definition) is 6. The summed E-state index contributed by atoms with van der Waals surface area (Å²) in [5.74, 6) is -1.28. The maximum Gasteiger partial charge on any atom is 0.431 e. The second-order valence-corrected chi connectivity index (χ2v) is 19.2. The van der Waals surface area contributed by atoms with Crippen molar-refractivity contribution >= 4 is 68.0 Å². The molecule has 4 aromatic rings. The fourth-order valence-corrected chi connectivity index (χ4v) is 9.51. The van der Waals surface area contributed by atoms with E-state index < -0.39 is 81.1 Å². The van der Waals surface area contributed by atoms with Gasteiger partial charge in [-0.2, -0.15) is 31.4 Å². The Balaban J connectivity index is 1.33. The van der Waals surface area contributed by atoms with Gasteiger partial charge in [0, 0.05) is 18.7 Å². The van der Waals surface area contributed by atoms with E-state index in [9.17, 15) is 54.3 Å². The zero-order valence-electron chi connectivity index (χ0n) is 36.0. The molecule has 1 aliphatic heterocycles. The van der Waals surface area contributed by atoms with E-state index in [2.05, 4.69) is 28.0 Å². The number of alkyl halides is 6. The number of carbonyl (C=O) groups excluding carboxylic acids is 3. The maximum absolute atomic E-state index is 14.1. The summed E-state index contributed by atoms with van der Waals surface area (Å²) in [6.07, 6.45) is -12.9. The zero-order valence-corrected chi connectivity index (χ0v) is 38.3. The van der Waals surface area contributed by atoms with Crippen LogP contribution in [-0.4, -0.2) is 78.9 Å². The van der Waals surface area contributed by atoms with Gasteiger partial charge in [-0.15, -0.1) is 0 Å². The molecule has 4 amide bonds. The number of nitrogens with two attached hydrogens (primary N) is 2. The average molecular weight is 1000 g/mol. The van der Waals surface area contributed by atoms with E-state index in [1.165, 1.54) is 60.7 Å². The van der Waals surface area contributed by atoms with Crippen LogP contribution in [0.2, 0.25) is 10.0 Å². The molecule has 13 nitrogen and oxygen atoms in total. The van der Waals surface area contributed by atoms with E-state index in [0.29, 0.717) is 28.8 Å². The van der Waals surface area contributed by atoms with Gasteiger partial charge in [0.2, 0.25) is 11.8 Å². The number of hydrogen-bond acceptors (Lipinski definition) is 9. The number of carbonyl (C=O) groups is 3. The standard InChI is InChI=1S/C45H48Cl2F6N7O6S/c1-4-31(22-26-13-19-30(20-14-26)57-40(61)35(12-7-21-56-42(55)63)58-41(62)38(54)25(2)3)67(65,66)32-9-5-8-29(23-32)27-15-17-28(18-16-27)36-24-37(43(64,44(48,49)50)45(51,52)53)59-60(36)39-33(46)10-6-11-34(39)47/h5-6,8-11,13-20,23,25,31,35-36,38,64H,1,4,7,12,21-22,24,54H2,2-3H3,(H,57,61)(H,58,62)(H3,55,56,63)/t31?,35-,36?,38-/m0/s1. The summed E-state index contributed by atoms with van der Waals surface area (Å²) in [5, 5.41) is 21.3. The fourth-order valence-electron chi connectivity index (χ4n) is 7.27. The number of hydrazone groups is 1. The number of nitrogens with one attached hydrogen (secondary N) is 3. The van der Waals surface area contributed by atoms with Crippen LogP contribution in [0.15, 0.2) is 101 Å². The first-order chi connectivity index (χ1) is 31.3. The van der Waals surface area contributed by atoms with Gasteiger partial charge in [-0.05, 0) is 90.3 Å². The Kier molecular flexibility index (Phi) is 16.7. The molecule has 0 bridgehead atoms. The van der Waals surface area contributed by atoms with Crippen LogP contribution in [0, 0.1) is 12.8 Å². The lowest BCUT2D eigenvalue weighted by molar-refractivity contribution is -0.338. The van der Waals surface area contributed by atoms with Crippen LogP contribution in [0.5, 0.6) is 0 Å². The Bertz CT molecular complexity index is 2530. The fraction of sp³-hybridized carbons (Fsp3) is 0.356. The molecule has 4 aromatic carbocycles. The molecule has 5 rings (SSSR count). The number of anilines is 2. The minimum atomic E-state index is -6.19. The van der Waals surface area contributed by atoms with Gasteiger partial charge >= 0.3 is 18.4 Å². The highest BCUT2D eigenvalue weighted by Crippen LogP contribution is 2.50. The molecular formula is C45H48Cl2F6N7O6S. The summed E-state index contributed by atoms with van der Waals surface area (Å²) in [6.45, 7) is 7.55. The van der Waals surface area contributed by atoms with E-state index in [0.717, 1.165) is 5.01 Å². The zero-order chi connectivity index (χ0) is 49.6. The molecule has 2 unspecified atom stereocenters. The third kappa shape index (κ3) is 12.0. The first-order valence-corrected chi connectivity index (χ1v) is 23.0. The monoisotopic (exact) mass is 998 g/mol. The van der Waals surface area contributed by atoms with Crippen molar-refractivity contribution in [1.82, 2.24) is 10.6 Å². The number of aliphatic hydroxyl groups is 1. The normalized spacial score (nSPS) is 16.0. The predicted molar refractivity (Wildman–Crippen MR) is 244 cm³/mol. The molecule has 67 heavy (non-hydrogen) atoms. The SMILES string of the molecule is [CH2]CC(Cc1ccc(NC(=O)[C@H](CCCNC(N)=O)NC(=O)[C@@H](N)C(C)C)cc1)S(=O)(=O)c1cccc(-c2ccc(C3CC(C(O)(C(F)(F)F)C(F)(F)F)=NN3c3c(Cl)cccc3Cl)cc2)c1. The molecule has 361 valence electrons. The van der Waals surface area contributed by atoms with Gasteiger partial charge in [0.05, 0.1) is 43.7 Å². The number of rotatable bonds is 18. The maximum atomic E-state index is 14.1. The predicted octanol–water partition coefficient (Wildman–Crippen LogP) is 8.29. The van der Waals surface area contributed by atoms with E-state index in [1.54, 1.807) is 44.2 Å². The Hall–Kier alpha value is -5.41. The first kappa shape index (κ1) is 52.6. The number of nitrogens with zero attached hydrogens (tertiary/aromatic N) is 2. The highest BCUT2D eigenvalue weighted by molar-refractivity contribution is 7.92. The Morgan fingerprint density at radius 1 is 0.896 bits per heavy atom. The Morgan fingerprint density at radius 3 is 2.04 bits per heavy atom. The van der Waals surface area contributed by atoms with Gasteiger partial charge < -0.3 is 32.5 Å².